The van der Waals surface area contributed by atoms with Crippen molar-refractivity contribution in [3.8, 4) is 0 Å². The normalized spacial score (nSPS) is 14.9. The first-order valence-electron chi connectivity index (χ1n) is 11.1. The van der Waals surface area contributed by atoms with E-state index >= 15 is 0 Å². The average Bonchev–Trinajstić information content (AvgIpc) is 3.42. The van der Waals surface area contributed by atoms with Gasteiger partial charge in [0.1, 0.15) is 0 Å². The molecule has 1 aromatic heterocycles. The summed E-state index contributed by atoms with van der Waals surface area (Å²) in [5.74, 6) is -1.50. The Kier molecular flexibility index (Phi) is 7.32. The molecule has 0 bridgehead atoms. The van der Waals surface area contributed by atoms with Gasteiger partial charge in [-0.3, -0.25) is 14.4 Å². The van der Waals surface area contributed by atoms with Crippen molar-refractivity contribution in [3.63, 3.8) is 0 Å². The summed E-state index contributed by atoms with van der Waals surface area (Å²) in [5, 5.41) is 2.47. The zero-order valence-corrected chi connectivity index (χ0v) is 20.7. The van der Waals surface area contributed by atoms with Crippen molar-refractivity contribution in [2.24, 2.45) is 0 Å². The van der Waals surface area contributed by atoms with E-state index in [0.29, 0.717) is 4.88 Å². The molecule has 1 aliphatic rings. The highest BCUT2D eigenvalue weighted by Crippen LogP contribution is 2.20. The fraction of sp³-hybridized carbons (Fsp3) is 0.240. The van der Waals surface area contributed by atoms with Crippen molar-refractivity contribution in [2.75, 3.05) is 26.2 Å². The number of piperazine rings is 1. The van der Waals surface area contributed by atoms with E-state index in [1.54, 1.807) is 59.5 Å². The van der Waals surface area contributed by atoms with Gasteiger partial charge < -0.3 is 15.1 Å². The van der Waals surface area contributed by atoms with Crippen molar-refractivity contribution < 1.29 is 22.8 Å². The van der Waals surface area contributed by atoms with Gasteiger partial charge in [0.15, 0.2) is 0 Å². The minimum Gasteiger partial charge on any atom is -0.336 e. The third kappa shape index (κ3) is 5.44. The monoisotopic (exact) mass is 511 g/mol. The summed E-state index contributed by atoms with van der Waals surface area (Å²) in [5.41, 5.74) is 1.11. The third-order valence-corrected chi connectivity index (χ3v) is 8.52. The SMILES string of the molecule is Cc1ccc(S(=O)(=O)C(NC(=O)c2ccccc2)C(=O)N2CCN(C(=O)c3cccs3)CC2)cc1. The van der Waals surface area contributed by atoms with Crippen molar-refractivity contribution in [1.29, 1.82) is 0 Å². The number of nitrogens with zero attached hydrogens (tertiary/aromatic N) is 2. The van der Waals surface area contributed by atoms with Crippen LogP contribution >= 0.6 is 11.3 Å². The van der Waals surface area contributed by atoms with Crippen LogP contribution in [0.4, 0.5) is 0 Å². The Balaban J connectivity index is 1.56. The highest BCUT2D eigenvalue weighted by Gasteiger charge is 2.39. The number of carbonyl (C=O) groups excluding carboxylic acids is 3. The van der Waals surface area contributed by atoms with Gasteiger partial charge in [0, 0.05) is 31.7 Å². The predicted molar refractivity (Wildman–Crippen MR) is 133 cm³/mol. The van der Waals surface area contributed by atoms with E-state index in [1.165, 1.54) is 28.4 Å². The minimum absolute atomic E-state index is 0.0543. The largest absolute Gasteiger partial charge is 0.336 e. The molecule has 0 aliphatic carbocycles. The molecule has 2 aromatic carbocycles. The molecule has 3 amide bonds. The fourth-order valence-electron chi connectivity index (χ4n) is 3.78. The standard InChI is InChI=1S/C25H25N3O5S2/c1-18-9-11-20(12-10-18)35(32,33)23(26-22(29)19-6-3-2-4-7-19)25(31)28-15-13-27(14-16-28)24(30)21-8-5-17-34-21/h2-12,17,23H,13-16H2,1H3,(H,26,29). The second-order valence-corrected chi connectivity index (χ2v) is 11.2. The number of nitrogens with one attached hydrogen (secondary N) is 1. The van der Waals surface area contributed by atoms with Crippen LogP contribution in [0.15, 0.2) is 77.0 Å². The molecule has 4 rings (SSSR count). The van der Waals surface area contributed by atoms with Crippen LogP contribution in [0.2, 0.25) is 0 Å². The van der Waals surface area contributed by atoms with Crippen molar-refractivity contribution in [3.05, 3.63) is 88.1 Å². The summed E-state index contributed by atoms with van der Waals surface area (Å²) in [4.78, 5) is 42.5. The fourth-order valence-corrected chi connectivity index (χ4v) is 5.93. The molecule has 1 saturated heterocycles. The molecule has 35 heavy (non-hydrogen) atoms. The summed E-state index contributed by atoms with van der Waals surface area (Å²) in [6.07, 6.45) is 0. The van der Waals surface area contributed by atoms with Crippen LogP contribution < -0.4 is 5.32 Å². The van der Waals surface area contributed by atoms with E-state index in [2.05, 4.69) is 5.32 Å². The van der Waals surface area contributed by atoms with E-state index in [-0.39, 0.29) is 42.5 Å². The number of hydrogen-bond acceptors (Lipinski definition) is 6. The van der Waals surface area contributed by atoms with E-state index in [4.69, 9.17) is 0 Å². The second-order valence-electron chi connectivity index (χ2n) is 8.17. The quantitative estimate of drug-likeness (QED) is 0.548. The van der Waals surface area contributed by atoms with Crippen molar-refractivity contribution >= 4 is 38.9 Å². The van der Waals surface area contributed by atoms with Crippen LogP contribution in [0.25, 0.3) is 0 Å². The molecule has 1 N–H and O–H groups in total. The average molecular weight is 512 g/mol. The molecular weight excluding hydrogens is 486 g/mol. The number of rotatable bonds is 6. The lowest BCUT2D eigenvalue weighted by Crippen LogP contribution is -2.57. The lowest BCUT2D eigenvalue weighted by atomic mass is 10.2. The molecule has 8 nitrogen and oxygen atoms in total. The highest BCUT2D eigenvalue weighted by atomic mass is 32.2. The molecular formula is C25H25N3O5S2. The van der Waals surface area contributed by atoms with Gasteiger partial charge in [0.05, 0.1) is 9.77 Å². The Bertz CT molecular complexity index is 1300. The predicted octanol–water partition coefficient (Wildman–Crippen LogP) is 2.57. The number of sulfone groups is 1. The van der Waals surface area contributed by atoms with E-state index in [1.807, 2.05) is 12.3 Å². The number of amides is 3. The Hall–Kier alpha value is -3.50. The molecule has 1 atom stereocenters. The number of benzene rings is 2. The molecule has 182 valence electrons. The van der Waals surface area contributed by atoms with Gasteiger partial charge in [-0.1, -0.05) is 42.0 Å². The van der Waals surface area contributed by atoms with E-state index < -0.39 is 27.0 Å². The van der Waals surface area contributed by atoms with Crippen LogP contribution in [0.3, 0.4) is 0 Å². The maximum Gasteiger partial charge on any atom is 0.264 e. The summed E-state index contributed by atoms with van der Waals surface area (Å²) < 4.78 is 27.0. The van der Waals surface area contributed by atoms with Crippen molar-refractivity contribution in [1.82, 2.24) is 15.1 Å². The first-order valence-corrected chi connectivity index (χ1v) is 13.5. The summed E-state index contributed by atoms with van der Waals surface area (Å²) >= 11 is 1.34. The van der Waals surface area contributed by atoms with E-state index in [9.17, 15) is 22.8 Å². The zero-order valence-electron chi connectivity index (χ0n) is 19.1. The molecule has 0 spiro atoms. The van der Waals surface area contributed by atoms with Gasteiger partial charge in [0.25, 0.3) is 17.7 Å². The summed E-state index contributed by atoms with van der Waals surface area (Å²) in [6.45, 7) is 2.69. The molecule has 2 heterocycles. The Morgan fingerprint density at radius 2 is 1.49 bits per heavy atom. The highest BCUT2D eigenvalue weighted by molar-refractivity contribution is 7.92. The molecule has 10 heteroatoms. The van der Waals surface area contributed by atoms with E-state index in [0.717, 1.165) is 5.56 Å². The molecule has 1 aliphatic heterocycles. The van der Waals surface area contributed by atoms with Gasteiger partial charge in [-0.25, -0.2) is 8.42 Å². The topological polar surface area (TPSA) is 104 Å². The maximum atomic E-state index is 13.5. The first-order chi connectivity index (χ1) is 16.8. The summed E-state index contributed by atoms with van der Waals surface area (Å²) in [7, 11) is -4.24. The lowest BCUT2D eigenvalue weighted by molar-refractivity contribution is -0.132. The maximum absolute atomic E-state index is 13.5. The Labute approximate surface area is 208 Å². The zero-order chi connectivity index (χ0) is 25.0. The minimum atomic E-state index is -4.24. The van der Waals surface area contributed by atoms with Gasteiger partial charge in [-0.2, -0.15) is 0 Å². The molecule has 3 aromatic rings. The smallest absolute Gasteiger partial charge is 0.264 e. The van der Waals surface area contributed by atoms with Crippen LogP contribution in [0.5, 0.6) is 0 Å². The third-order valence-electron chi connectivity index (χ3n) is 5.79. The Morgan fingerprint density at radius 1 is 0.857 bits per heavy atom. The Morgan fingerprint density at radius 3 is 2.09 bits per heavy atom. The number of thiophene rings is 1. The van der Waals surface area contributed by atoms with Crippen LogP contribution in [0.1, 0.15) is 25.6 Å². The number of aryl methyl sites for hydroxylation is 1. The molecule has 1 unspecified atom stereocenters. The van der Waals surface area contributed by atoms with Gasteiger partial charge in [0.2, 0.25) is 15.2 Å². The number of carbonyl (C=O) groups is 3. The number of hydrogen-bond donors (Lipinski definition) is 1. The second kappa shape index (κ2) is 10.4. The molecule has 0 radical (unpaired) electrons. The van der Waals surface area contributed by atoms with Crippen LogP contribution in [0, 0.1) is 6.92 Å². The lowest BCUT2D eigenvalue weighted by Gasteiger charge is -2.36. The molecule has 1 fully saturated rings. The van der Waals surface area contributed by atoms with Crippen LogP contribution in [-0.4, -0.2) is 67.5 Å². The van der Waals surface area contributed by atoms with Crippen molar-refractivity contribution in [2.45, 2.75) is 17.2 Å². The van der Waals surface area contributed by atoms with Gasteiger partial charge in [-0.15, -0.1) is 11.3 Å². The van der Waals surface area contributed by atoms with Gasteiger partial charge in [-0.05, 0) is 42.6 Å². The van der Waals surface area contributed by atoms with Gasteiger partial charge >= 0.3 is 0 Å². The summed E-state index contributed by atoms with van der Waals surface area (Å²) in [6, 6.07) is 17.8. The van der Waals surface area contributed by atoms with Crippen LogP contribution in [-0.2, 0) is 14.6 Å². The first kappa shape index (κ1) is 24.6. The molecule has 0 saturated carbocycles.